The second-order valence-corrected chi connectivity index (χ2v) is 15.1. The number of aliphatic hydroxyl groups excluding tert-OH is 1. The van der Waals surface area contributed by atoms with E-state index >= 15 is 0 Å². The topological polar surface area (TPSA) is 166 Å². The molecular formula is C38H55N3O8. The molecule has 0 spiro atoms. The minimum atomic E-state index is -0.990. The van der Waals surface area contributed by atoms with E-state index in [1.54, 1.807) is 32.1 Å². The predicted octanol–water partition coefficient (Wildman–Crippen LogP) is 4.42. The largest absolute Gasteiger partial charge is 0.439 e. The van der Waals surface area contributed by atoms with Gasteiger partial charge in [0.05, 0.1) is 23.6 Å². The van der Waals surface area contributed by atoms with Gasteiger partial charge in [-0.2, -0.15) is 0 Å². The van der Waals surface area contributed by atoms with Crippen molar-refractivity contribution in [1.29, 1.82) is 0 Å². The average Bonchev–Trinajstić information content (AvgIpc) is 3.05. The fourth-order valence-electron chi connectivity index (χ4n) is 8.02. The lowest BCUT2D eigenvalue weighted by Gasteiger charge is -2.59. The first-order chi connectivity index (χ1) is 23.1. The number of nitrogens with one attached hydrogen (secondary N) is 2. The summed E-state index contributed by atoms with van der Waals surface area (Å²) in [4.78, 5) is 52.7. The summed E-state index contributed by atoms with van der Waals surface area (Å²) in [7, 11) is 2.97. The molecule has 49 heavy (non-hydrogen) atoms. The fraction of sp³-hybridized carbons (Fsp3) is 0.632. The van der Waals surface area contributed by atoms with Crippen molar-refractivity contribution < 1.29 is 38.5 Å². The molecule has 0 saturated heterocycles. The van der Waals surface area contributed by atoms with E-state index in [0.717, 1.165) is 12.8 Å². The number of ether oxygens (including phenoxy) is 3. The van der Waals surface area contributed by atoms with E-state index in [2.05, 4.69) is 24.5 Å². The van der Waals surface area contributed by atoms with Crippen molar-refractivity contribution in [3.8, 4) is 0 Å². The Morgan fingerprint density at radius 2 is 1.73 bits per heavy atom. The Bertz CT molecular complexity index is 1440. The van der Waals surface area contributed by atoms with Crippen molar-refractivity contribution in [1.82, 2.24) is 10.6 Å². The van der Waals surface area contributed by atoms with Crippen molar-refractivity contribution in [3.05, 3.63) is 58.5 Å². The number of hydrogen-bond donors (Lipinski definition) is 4. The van der Waals surface area contributed by atoms with Crippen LogP contribution in [0.25, 0.3) is 0 Å². The molecule has 4 aliphatic carbocycles. The number of carbonyl (C=O) groups excluding carboxylic acids is 4. The number of aliphatic hydroxyl groups is 1. The van der Waals surface area contributed by atoms with Crippen LogP contribution in [0.2, 0.25) is 0 Å². The number of primary amides is 1. The van der Waals surface area contributed by atoms with Gasteiger partial charge in [0.2, 0.25) is 11.6 Å². The first-order valence-electron chi connectivity index (χ1n) is 17.4. The Balaban J connectivity index is 1.67. The molecule has 3 saturated carbocycles. The lowest BCUT2D eigenvalue weighted by molar-refractivity contribution is -0.120. The summed E-state index contributed by atoms with van der Waals surface area (Å²) in [6.07, 6.45) is 7.54. The van der Waals surface area contributed by atoms with Gasteiger partial charge in [0, 0.05) is 43.9 Å². The van der Waals surface area contributed by atoms with Gasteiger partial charge in [-0.1, -0.05) is 52.0 Å². The highest BCUT2D eigenvalue weighted by Gasteiger charge is 2.52. The first kappa shape index (κ1) is 38.3. The van der Waals surface area contributed by atoms with Crippen LogP contribution in [0.4, 0.5) is 4.79 Å². The van der Waals surface area contributed by atoms with Gasteiger partial charge in [0.15, 0.2) is 6.10 Å². The van der Waals surface area contributed by atoms with E-state index < -0.39 is 48.1 Å². The number of allylic oxidation sites excluding steroid dienone is 4. The van der Waals surface area contributed by atoms with Crippen molar-refractivity contribution >= 4 is 23.6 Å². The quantitative estimate of drug-likeness (QED) is 0.234. The maximum atomic E-state index is 14.0. The van der Waals surface area contributed by atoms with Crippen LogP contribution in [0.1, 0.15) is 73.6 Å². The summed E-state index contributed by atoms with van der Waals surface area (Å²) >= 11 is 0. The molecule has 0 aromatic heterocycles. The minimum Gasteiger partial charge on any atom is -0.439 e. The van der Waals surface area contributed by atoms with Crippen LogP contribution in [0.15, 0.2) is 58.5 Å². The number of carbonyl (C=O) groups is 4. The molecule has 2 amide bonds. The van der Waals surface area contributed by atoms with Crippen LogP contribution in [0.5, 0.6) is 0 Å². The molecule has 0 aromatic rings. The molecular weight excluding hydrogens is 626 g/mol. The maximum Gasteiger partial charge on any atom is 0.405 e. The van der Waals surface area contributed by atoms with Gasteiger partial charge in [0.25, 0.3) is 5.91 Å². The highest BCUT2D eigenvalue weighted by molar-refractivity contribution is 6.23. The Hall–Kier alpha value is -3.54. The predicted molar refractivity (Wildman–Crippen MR) is 186 cm³/mol. The number of rotatable bonds is 6. The van der Waals surface area contributed by atoms with Gasteiger partial charge >= 0.3 is 6.09 Å². The number of hydrogen-bond acceptors (Lipinski definition) is 9. The lowest BCUT2D eigenvalue weighted by Crippen LogP contribution is -2.52. The third-order valence-corrected chi connectivity index (χ3v) is 11.3. The summed E-state index contributed by atoms with van der Waals surface area (Å²) in [6, 6.07) is 0. The van der Waals surface area contributed by atoms with Crippen LogP contribution < -0.4 is 16.4 Å². The maximum absolute atomic E-state index is 14.0. The standard InChI is InChI=1S/C38H55N3O8/c1-20-12-27-32(40-19-24-15-25-17-26(16-24)38(25,5)6)29(42)18-28(34(27)44)41-36(45)21(2)10-9-11-30(47-7)35(49-37(39)46)23(4)14-22(3)33(43)31(13-20)48-8/h9-11,14,18,20,22,24-26,30-31,33,35,40,43H,12-13,15-17,19H2,1-8H3,(H2,39,46)(H,41,45)/b11-9-,21-10+,23-14+/t20-,22+,24?,25-,26+,30+,31+,33-,35+/m1/s1. The van der Waals surface area contributed by atoms with Crippen LogP contribution in [-0.4, -0.2) is 73.9 Å². The smallest absolute Gasteiger partial charge is 0.405 e. The molecule has 270 valence electrons. The second kappa shape index (κ2) is 16.0. The van der Waals surface area contributed by atoms with Gasteiger partial charge in [0.1, 0.15) is 6.10 Å². The Labute approximate surface area is 290 Å². The zero-order valence-electron chi connectivity index (χ0n) is 30.2. The summed E-state index contributed by atoms with van der Waals surface area (Å²) < 4.78 is 16.8. The summed E-state index contributed by atoms with van der Waals surface area (Å²) in [5, 5.41) is 17.4. The molecule has 9 atom stereocenters. The van der Waals surface area contributed by atoms with Gasteiger partial charge in [-0.15, -0.1) is 0 Å². The van der Waals surface area contributed by atoms with Crippen molar-refractivity contribution in [3.63, 3.8) is 0 Å². The zero-order chi connectivity index (χ0) is 36.2. The van der Waals surface area contributed by atoms with Crippen LogP contribution >= 0.6 is 0 Å². The van der Waals surface area contributed by atoms with Gasteiger partial charge in [-0.3, -0.25) is 14.4 Å². The molecule has 1 unspecified atom stereocenters. The Morgan fingerprint density at radius 1 is 1.06 bits per heavy atom. The molecule has 11 heteroatoms. The number of nitrogens with two attached hydrogens (primary N) is 1. The molecule has 1 aliphatic heterocycles. The number of methoxy groups -OCH3 is 2. The third kappa shape index (κ3) is 8.80. The fourth-order valence-corrected chi connectivity index (χ4v) is 8.02. The van der Waals surface area contributed by atoms with E-state index in [-0.39, 0.29) is 35.1 Å². The molecule has 0 radical (unpaired) electrons. The number of ketones is 2. The minimum absolute atomic E-state index is 0.0838. The molecule has 1 heterocycles. The zero-order valence-corrected chi connectivity index (χ0v) is 30.2. The lowest BCUT2D eigenvalue weighted by atomic mass is 9.47. The van der Waals surface area contributed by atoms with E-state index in [4.69, 9.17) is 19.9 Å². The number of amides is 2. The van der Waals surface area contributed by atoms with Crippen molar-refractivity contribution in [2.75, 3.05) is 20.8 Å². The molecule has 5 aliphatic rings. The summed E-state index contributed by atoms with van der Waals surface area (Å²) in [6.45, 7) is 12.4. The molecule has 5 N–H and O–H groups in total. The van der Waals surface area contributed by atoms with Gasteiger partial charge in [-0.25, -0.2) is 4.79 Å². The molecule has 4 bridgehead atoms. The highest BCUT2D eigenvalue weighted by Crippen LogP contribution is 2.60. The summed E-state index contributed by atoms with van der Waals surface area (Å²) in [5.41, 5.74) is 7.14. The van der Waals surface area contributed by atoms with Crippen molar-refractivity contribution in [2.24, 2.45) is 40.7 Å². The molecule has 3 fully saturated rings. The third-order valence-electron chi connectivity index (χ3n) is 11.3. The Morgan fingerprint density at radius 3 is 2.33 bits per heavy atom. The van der Waals surface area contributed by atoms with Crippen LogP contribution in [0, 0.1) is 35.0 Å². The SMILES string of the molecule is CO[C@H]1/C=C\C=C(/C)C(=O)NC2=CC(=O)C(NCC3C[C@@H]4C[C@H](C3)C4(C)C)=C(C[C@@H](C)C[C@H](OC)[C@H](O)[C@@H](C)/C=C(\C)[C@@H]1OC(N)=O)C2=O. The number of Topliss-reactive ketones (excluding diaryl/α,β-unsaturated/α-hetero) is 1. The molecule has 11 nitrogen and oxygen atoms in total. The Kier molecular flexibility index (Phi) is 12.5. The van der Waals surface area contributed by atoms with Gasteiger partial charge < -0.3 is 35.7 Å². The van der Waals surface area contributed by atoms with Gasteiger partial charge in [-0.05, 0) is 80.6 Å². The average molecular weight is 682 g/mol. The first-order valence-corrected chi connectivity index (χ1v) is 17.4. The van der Waals surface area contributed by atoms with E-state index in [1.165, 1.54) is 32.8 Å². The molecule has 5 rings (SSSR count). The van der Waals surface area contributed by atoms with Crippen molar-refractivity contribution in [2.45, 2.75) is 98.1 Å². The monoisotopic (exact) mass is 681 g/mol. The van der Waals surface area contributed by atoms with Crippen LogP contribution in [-0.2, 0) is 28.6 Å². The number of fused-ring (bicyclic) bond motifs is 4. The van der Waals surface area contributed by atoms with E-state index in [9.17, 15) is 24.3 Å². The van der Waals surface area contributed by atoms with E-state index in [0.29, 0.717) is 47.3 Å². The second-order valence-electron chi connectivity index (χ2n) is 15.1. The molecule has 0 aromatic carbocycles. The summed E-state index contributed by atoms with van der Waals surface area (Å²) in [5.74, 6) is -0.170. The highest BCUT2D eigenvalue weighted by atomic mass is 16.6. The van der Waals surface area contributed by atoms with Crippen LogP contribution in [0.3, 0.4) is 0 Å². The normalized spacial score (nSPS) is 37.0. The van der Waals surface area contributed by atoms with E-state index in [1.807, 2.05) is 13.8 Å².